The van der Waals surface area contributed by atoms with Gasteiger partial charge in [0.15, 0.2) is 0 Å². The first kappa shape index (κ1) is 20.8. The molecule has 31 heavy (non-hydrogen) atoms. The first-order chi connectivity index (χ1) is 15.0. The van der Waals surface area contributed by atoms with Crippen LogP contribution < -0.4 is 10.3 Å². The highest BCUT2D eigenvalue weighted by atomic mass is 32.2. The summed E-state index contributed by atoms with van der Waals surface area (Å²) in [5.74, 6) is 0. The molecule has 0 amide bonds. The van der Waals surface area contributed by atoms with Crippen LogP contribution in [0, 0.1) is 0 Å². The second-order valence-corrected chi connectivity index (χ2v) is 8.82. The van der Waals surface area contributed by atoms with Gasteiger partial charge in [-0.2, -0.15) is 0 Å². The Balaban J connectivity index is 1.42. The summed E-state index contributed by atoms with van der Waals surface area (Å²) < 4.78 is 31.3. The lowest BCUT2D eigenvalue weighted by Gasteiger charge is -2.11. The number of nitrogens with one attached hydrogen (secondary N) is 1. The van der Waals surface area contributed by atoms with E-state index in [0.717, 1.165) is 17.3 Å². The fraction of sp³-hybridized carbons (Fsp3) is 0.130. The van der Waals surface area contributed by atoms with E-state index < -0.39 is 15.6 Å². The standard InChI is InChI=1S/C23H22N4O3S/c28-23-15-22(12-14-27(23)20-9-5-2-6-10-20)31(29,30)25-13-11-21-16-24-18-26(21)17-19-7-3-1-4-8-19/h1-10,12,14-16,18,25H,11,13,17H2. The molecule has 0 aliphatic carbocycles. The number of imidazole rings is 1. The molecule has 4 rings (SSSR count). The van der Waals surface area contributed by atoms with Crippen LogP contribution in [0.15, 0.2) is 101 Å². The maximum Gasteiger partial charge on any atom is 0.256 e. The van der Waals surface area contributed by atoms with Crippen molar-refractivity contribution in [2.75, 3.05) is 6.54 Å². The first-order valence-corrected chi connectivity index (χ1v) is 11.3. The topological polar surface area (TPSA) is 86.0 Å². The third kappa shape index (κ3) is 4.99. The van der Waals surface area contributed by atoms with Gasteiger partial charge in [0.25, 0.3) is 5.56 Å². The van der Waals surface area contributed by atoms with E-state index in [0.29, 0.717) is 18.7 Å². The van der Waals surface area contributed by atoms with E-state index in [1.165, 1.54) is 16.8 Å². The Morgan fingerprint density at radius 1 is 0.935 bits per heavy atom. The second-order valence-electron chi connectivity index (χ2n) is 7.05. The van der Waals surface area contributed by atoms with E-state index in [1.807, 2.05) is 53.1 Å². The molecule has 4 aromatic rings. The molecule has 2 heterocycles. The Kier molecular flexibility index (Phi) is 6.11. The highest BCUT2D eigenvalue weighted by molar-refractivity contribution is 7.89. The molecule has 2 aromatic carbocycles. The number of pyridine rings is 1. The molecule has 0 unspecified atom stereocenters. The molecule has 1 N–H and O–H groups in total. The largest absolute Gasteiger partial charge is 0.330 e. The predicted octanol–water partition coefficient (Wildman–Crippen LogP) is 2.60. The van der Waals surface area contributed by atoms with E-state index in [2.05, 4.69) is 9.71 Å². The molecule has 8 heteroatoms. The molecular formula is C23H22N4O3S. The lowest BCUT2D eigenvalue weighted by Crippen LogP contribution is -2.28. The minimum atomic E-state index is -3.80. The molecule has 0 aliphatic heterocycles. The normalized spacial score (nSPS) is 11.5. The number of rotatable bonds is 8. The van der Waals surface area contributed by atoms with E-state index in [1.54, 1.807) is 24.7 Å². The van der Waals surface area contributed by atoms with Gasteiger partial charge >= 0.3 is 0 Å². The van der Waals surface area contributed by atoms with Crippen LogP contribution in [0.5, 0.6) is 0 Å². The molecule has 0 radical (unpaired) electrons. The van der Waals surface area contributed by atoms with Crippen molar-refractivity contribution in [1.29, 1.82) is 0 Å². The second kappa shape index (κ2) is 9.11. The SMILES string of the molecule is O=c1cc(S(=O)(=O)NCCc2cncn2Cc2ccccc2)ccn1-c1ccccc1. The average molecular weight is 435 g/mol. The fourth-order valence-electron chi connectivity index (χ4n) is 3.31. The van der Waals surface area contributed by atoms with Crippen molar-refractivity contribution < 1.29 is 8.42 Å². The summed E-state index contributed by atoms with van der Waals surface area (Å²) in [6.07, 6.45) is 5.42. The van der Waals surface area contributed by atoms with Crippen LogP contribution in [-0.2, 0) is 23.0 Å². The number of sulfonamides is 1. The molecule has 0 aliphatic rings. The monoisotopic (exact) mass is 434 g/mol. The zero-order valence-corrected chi connectivity index (χ0v) is 17.6. The van der Waals surface area contributed by atoms with Crippen LogP contribution in [0.3, 0.4) is 0 Å². The van der Waals surface area contributed by atoms with Crippen LogP contribution in [0.25, 0.3) is 5.69 Å². The van der Waals surface area contributed by atoms with E-state index >= 15 is 0 Å². The minimum absolute atomic E-state index is 0.0533. The zero-order chi connectivity index (χ0) is 21.7. The summed E-state index contributed by atoms with van der Waals surface area (Å²) in [5.41, 5.74) is 2.33. The lowest BCUT2D eigenvalue weighted by molar-refractivity contribution is 0.579. The van der Waals surface area contributed by atoms with Gasteiger partial charge in [-0.05, 0) is 23.8 Å². The van der Waals surface area contributed by atoms with Crippen LogP contribution >= 0.6 is 0 Å². The maximum atomic E-state index is 12.7. The predicted molar refractivity (Wildman–Crippen MR) is 119 cm³/mol. The Labute approximate surface area is 180 Å². The molecule has 0 bridgehead atoms. The molecule has 7 nitrogen and oxygen atoms in total. The van der Waals surface area contributed by atoms with Crippen molar-refractivity contribution >= 4 is 10.0 Å². The highest BCUT2D eigenvalue weighted by Gasteiger charge is 2.15. The van der Waals surface area contributed by atoms with Gasteiger partial charge in [-0.3, -0.25) is 9.36 Å². The molecular weight excluding hydrogens is 412 g/mol. The van der Waals surface area contributed by atoms with Crippen LogP contribution in [-0.4, -0.2) is 29.1 Å². The number of benzene rings is 2. The van der Waals surface area contributed by atoms with Gasteiger partial charge in [0.2, 0.25) is 10.0 Å². The fourth-order valence-corrected chi connectivity index (χ4v) is 4.34. The summed E-state index contributed by atoms with van der Waals surface area (Å²) in [7, 11) is -3.80. The van der Waals surface area contributed by atoms with Gasteiger partial charge < -0.3 is 4.57 Å². The summed E-state index contributed by atoms with van der Waals surface area (Å²) in [4.78, 5) is 16.6. The van der Waals surface area contributed by atoms with E-state index in [4.69, 9.17) is 0 Å². The van der Waals surface area contributed by atoms with Crippen molar-refractivity contribution in [2.45, 2.75) is 17.9 Å². The molecule has 0 saturated heterocycles. The molecule has 0 atom stereocenters. The van der Waals surface area contributed by atoms with Crippen molar-refractivity contribution in [3.63, 3.8) is 0 Å². The van der Waals surface area contributed by atoms with Crippen molar-refractivity contribution in [1.82, 2.24) is 18.8 Å². The molecule has 158 valence electrons. The zero-order valence-electron chi connectivity index (χ0n) is 16.8. The van der Waals surface area contributed by atoms with Gasteiger partial charge in [-0.15, -0.1) is 0 Å². The van der Waals surface area contributed by atoms with E-state index in [9.17, 15) is 13.2 Å². The molecule has 0 fully saturated rings. The molecule has 0 spiro atoms. The number of hydrogen-bond donors (Lipinski definition) is 1. The summed E-state index contributed by atoms with van der Waals surface area (Å²) in [5, 5.41) is 0. The van der Waals surface area contributed by atoms with Gasteiger partial charge in [-0.1, -0.05) is 48.5 Å². The van der Waals surface area contributed by atoms with Crippen molar-refractivity contribution in [3.05, 3.63) is 113 Å². The Bertz CT molecular complexity index is 1310. The van der Waals surface area contributed by atoms with Gasteiger partial charge in [0.1, 0.15) is 0 Å². The number of para-hydroxylation sites is 1. The first-order valence-electron chi connectivity index (χ1n) is 9.84. The number of nitrogens with zero attached hydrogens (tertiary/aromatic N) is 3. The van der Waals surface area contributed by atoms with Crippen molar-refractivity contribution in [2.24, 2.45) is 0 Å². The quantitative estimate of drug-likeness (QED) is 0.462. The lowest BCUT2D eigenvalue weighted by atomic mass is 10.2. The third-order valence-corrected chi connectivity index (χ3v) is 6.36. The van der Waals surface area contributed by atoms with Gasteiger partial charge in [-0.25, -0.2) is 18.1 Å². The van der Waals surface area contributed by atoms with Crippen LogP contribution in [0.1, 0.15) is 11.3 Å². The summed E-state index contributed by atoms with van der Waals surface area (Å²) >= 11 is 0. The summed E-state index contributed by atoms with van der Waals surface area (Å²) in [6.45, 7) is 0.866. The molecule has 0 saturated carbocycles. The Hall–Kier alpha value is -3.49. The van der Waals surface area contributed by atoms with Gasteiger partial charge in [0.05, 0.1) is 11.2 Å². The Morgan fingerprint density at radius 2 is 1.65 bits per heavy atom. The van der Waals surface area contributed by atoms with Crippen LogP contribution in [0.2, 0.25) is 0 Å². The third-order valence-electron chi connectivity index (χ3n) is 4.90. The Morgan fingerprint density at radius 3 is 2.35 bits per heavy atom. The maximum absolute atomic E-state index is 12.7. The molecule has 2 aromatic heterocycles. The van der Waals surface area contributed by atoms with Crippen molar-refractivity contribution in [3.8, 4) is 5.69 Å². The smallest absolute Gasteiger partial charge is 0.256 e. The summed E-state index contributed by atoms with van der Waals surface area (Å²) in [6, 6.07) is 21.6. The minimum Gasteiger partial charge on any atom is -0.330 e. The van der Waals surface area contributed by atoms with Gasteiger partial charge in [0, 0.05) is 49.4 Å². The van der Waals surface area contributed by atoms with E-state index in [-0.39, 0.29) is 11.4 Å². The highest BCUT2D eigenvalue weighted by Crippen LogP contribution is 2.10. The number of aromatic nitrogens is 3. The number of hydrogen-bond acceptors (Lipinski definition) is 4. The average Bonchev–Trinajstić information content (AvgIpc) is 3.21. The van der Waals surface area contributed by atoms with Crippen LogP contribution in [0.4, 0.5) is 0 Å².